The van der Waals surface area contributed by atoms with Crippen molar-refractivity contribution in [1.82, 2.24) is 4.57 Å². The monoisotopic (exact) mass is 274 g/mol. The number of aromatic nitrogens is 1. The van der Waals surface area contributed by atoms with Gasteiger partial charge in [-0.15, -0.1) is 0 Å². The smallest absolute Gasteiger partial charge is 0.311 e. The van der Waals surface area contributed by atoms with Gasteiger partial charge in [0.25, 0.3) is 0 Å². The SMILES string of the molecule is COc1ccc(Cn2ccc(C(C)=O)c2)cc1[N+](=O)[O-]. The Bertz CT molecular complexity index is 661. The van der Waals surface area contributed by atoms with Crippen molar-refractivity contribution in [3.05, 3.63) is 57.9 Å². The average molecular weight is 274 g/mol. The highest BCUT2D eigenvalue weighted by Gasteiger charge is 2.15. The van der Waals surface area contributed by atoms with Crippen molar-refractivity contribution >= 4 is 11.5 Å². The van der Waals surface area contributed by atoms with Crippen LogP contribution in [0.3, 0.4) is 0 Å². The molecule has 1 aromatic carbocycles. The van der Waals surface area contributed by atoms with Gasteiger partial charge in [-0.1, -0.05) is 6.07 Å². The van der Waals surface area contributed by atoms with E-state index in [1.807, 2.05) is 4.57 Å². The quantitative estimate of drug-likeness (QED) is 0.477. The molecule has 0 saturated carbocycles. The molecule has 0 amide bonds. The van der Waals surface area contributed by atoms with Gasteiger partial charge in [-0.3, -0.25) is 14.9 Å². The Hall–Kier alpha value is -2.63. The van der Waals surface area contributed by atoms with Crippen molar-refractivity contribution in [2.24, 2.45) is 0 Å². The molecule has 2 rings (SSSR count). The first-order valence-electron chi connectivity index (χ1n) is 5.99. The Morgan fingerprint density at radius 2 is 2.15 bits per heavy atom. The van der Waals surface area contributed by atoms with Crippen molar-refractivity contribution in [2.45, 2.75) is 13.5 Å². The van der Waals surface area contributed by atoms with Gasteiger partial charge in [0.05, 0.1) is 12.0 Å². The second kappa shape index (κ2) is 5.56. The summed E-state index contributed by atoms with van der Waals surface area (Å²) in [5.74, 6) is 0.222. The molecular formula is C14H14N2O4. The van der Waals surface area contributed by atoms with Crippen LogP contribution in [0, 0.1) is 10.1 Å². The summed E-state index contributed by atoms with van der Waals surface area (Å²) in [4.78, 5) is 21.7. The Morgan fingerprint density at radius 3 is 2.70 bits per heavy atom. The summed E-state index contributed by atoms with van der Waals surface area (Å²) in [7, 11) is 1.40. The minimum atomic E-state index is -0.473. The van der Waals surface area contributed by atoms with Crippen molar-refractivity contribution < 1.29 is 14.5 Å². The van der Waals surface area contributed by atoms with Crippen LogP contribution in [-0.2, 0) is 6.54 Å². The molecule has 6 heteroatoms. The number of Topliss-reactive ketones (excluding diaryl/α,β-unsaturated/α-hetero) is 1. The third-order valence-electron chi connectivity index (χ3n) is 2.96. The molecule has 1 aromatic heterocycles. The molecule has 0 radical (unpaired) electrons. The third-order valence-corrected chi connectivity index (χ3v) is 2.96. The van der Waals surface area contributed by atoms with Gasteiger partial charge in [0.15, 0.2) is 11.5 Å². The number of hydrogen-bond donors (Lipinski definition) is 0. The van der Waals surface area contributed by atoms with Crippen LogP contribution in [0.25, 0.3) is 0 Å². The van der Waals surface area contributed by atoms with E-state index in [1.54, 1.807) is 30.6 Å². The molecule has 104 valence electrons. The zero-order valence-corrected chi connectivity index (χ0v) is 11.2. The van der Waals surface area contributed by atoms with Gasteiger partial charge in [0.1, 0.15) is 0 Å². The molecular weight excluding hydrogens is 260 g/mol. The molecule has 6 nitrogen and oxygen atoms in total. The van der Waals surface area contributed by atoms with Crippen molar-refractivity contribution in [1.29, 1.82) is 0 Å². The maximum atomic E-state index is 11.2. The second-order valence-corrected chi connectivity index (χ2v) is 4.39. The van der Waals surface area contributed by atoms with E-state index in [-0.39, 0.29) is 17.2 Å². The van der Waals surface area contributed by atoms with Crippen molar-refractivity contribution in [3.63, 3.8) is 0 Å². The molecule has 0 N–H and O–H groups in total. The summed E-state index contributed by atoms with van der Waals surface area (Å²) < 4.78 is 6.76. The van der Waals surface area contributed by atoms with Crippen LogP contribution in [0.5, 0.6) is 5.75 Å². The molecule has 0 unspecified atom stereocenters. The fraction of sp³-hybridized carbons (Fsp3) is 0.214. The number of nitrogens with zero attached hydrogens (tertiary/aromatic N) is 2. The normalized spacial score (nSPS) is 10.3. The van der Waals surface area contributed by atoms with Gasteiger partial charge in [-0.05, 0) is 24.6 Å². The first-order chi connectivity index (χ1) is 9.51. The van der Waals surface area contributed by atoms with E-state index in [0.717, 1.165) is 5.56 Å². The number of nitro benzene ring substituents is 1. The van der Waals surface area contributed by atoms with Gasteiger partial charge in [-0.25, -0.2) is 0 Å². The van der Waals surface area contributed by atoms with Gasteiger partial charge in [-0.2, -0.15) is 0 Å². The molecule has 0 spiro atoms. The van der Waals surface area contributed by atoms with Crippen LogP contribution >= 0.6 is 0 Å². The third kappa shape index (κ3) is 2.85. The summed E-state index contributed by atoms with van der Waals surface area (Å²) in [6.45, 7) is 1.95. The lowest BCUT2D eigenvalue weighted by atomic mass is 10.2. The van der Waals surface area contributed by atoms with E-state index in [4.69, 9.17) is 4.74 Å². The van der Waals surface area contributed by atoms with Crippen LogP contribution < -0.4 is 4.74 Å². The molecule has 20 heavy (non-hydrogen) atoms. The maximum absolute atomic E-state index is 11.2. The van der Waals surface area contributed by atoms with E-state index >= 15 is 0 Å². The van der Waals surface area contributed by atoms with Gasteiger partial charge in [0, 0.05) is 30.6 Å². The molecule has 2 aromatic rings. The lowest BCUT2D eigenvalue weighted by Gasteiger charge is -2.06. The van der Waals surface area contributed by atoms with Crippen LogP contribution in [-0.4, -0.2) is 22.4 Å². The lowest BCUT2D eigenvalue weighted by molar-refractivity contribution is -0.385. The summed E-state index contributed by atoms with van der Waals surface area (Å²) in [6, 6.07) is 6.54. The second-order valence-electron chi connectivity index (χ2n) is 4.39. The predicted molar refractivity (Wildman–Crippen MR) is 73.2 cm³/mol. The molecule has 0 aliphatic carbocycles. The number of nitro groups is 1. The summed E-state index contributed by atoms with van der Waals surface area (Å²) in [5, 5.41) is 11.0. The predicted octanol–water partition coefficient (Wildman–Crippen LogP) is 2.66. The van der Waals surface area contributed by atoms with E-state index in [1.165, 1.54) is 20.1 Å². The molecule has 0 bridgehead atoms. The van der Waals surface area contributed by atoms with Gasteiger partial charge < -0.3 is 9.30 Å². The summed E-state index contributed by atoms with van der Waals surface area (Å²) >= 11 is 0. The van der Waals surface area contributed by atoms with E-state index in [0.29, 0.717) is 12.1 Å². The Balaban J connectivity index is 2.26. The topological polar surface area (TPSA) is 74.4 Å². The highest BCUT2D eigenvalue weighted by molar-refractivity contribution is 5.93. The number of methoxy groups -OCH3 is 1. The number of rotatable bonds is 5. The minimum absolute atomic E-state index is 0.00976. The van der Waals surface area contributed by atoms with Crippen molar-refractivity contribution in [2.75, 3.05) is 7.11 Å². The fourth-order valence-corrected chi connectivity index (χ4v) is 1.93. The molecule has 0 atom stereocenters. The van der Waals surface area contributed by atoms with Gasteiger partial charge in [0.2, 0.25) is 0 Å². The summed E-state index contributed by atoms with van der Waals surface area (Å²) in [6.07, 6.45) is 3.49. The van der Waals surface area contributed by atoms with E-state index in [2.05, 4.69) is 0 Å². The van der Waals surface area contributed by atoms with Crippen LogP contribution in [0.1, 0.15) is 22.8 Å². The molecule has 0 saturated heterocycles. The van der Waals surface area contributed by atoms with Crippen LogP contribution in [0.4, 0.5) is 5.69 Å². The first kappa shape index (κ1) is 13.8. The number of ether oxygens (including phenoxy) is 1. The average Bonchev–Trinajstić information content (AvgIpc) is 2.87. The molecule has 0 aliphatic heterocycles. The number of benzene rings is 1. The first-order valence-corrected chi connectivity index (χ1v) is 5.99. The molecule has 0 aliphatic rings. The largest absolute Gasteiger partial charge is 0.490 e. The Labute approximate surface area is 115 Å². The molecule has 0 fully saturated rings. The number of carbonyl (C=O) groups excluding carboxylic acids is 1. The lowest BCUT2D eigenvalue weighted by Crippen LogP contribution is -2.00. The number of carbonyl (C=O) groups is 1. The molecule has 1 heterocycles. The number of hydrogen-bond acceptors (Lipinski definition) is 4. The zero-order chi connectivity index (χ0) is 14.7. The van der Waals surface area contributed by atoms with Crippen LogP contribution in [0.2, 0.25) is 0 Å². The standard InChI is InChI=1S/C14H14N2O4/c1-10(17)12-5-6-15(9-12)8-11-3-4-14(20-2)13(7-11)16(18)19/h3-7,9H,8H2,1-2H3. The van der Waals surface area contributed by atoms with Gasteiger partial charge >= 0.3 is 5.69 Å². The fourth-order valence-electron chi connectivity index (χ4n) is 1.93. The maximum Gasteiger partial charge on any atom is 0.311 e. The highest BCUT2D eigenvalue weighted by atomic mass is 16.6. The highest BCUT2D eigenvalue weighted by Crippen LogP contribution is 2.27. The van der Waals surface area contributed by atoms with E-state index in [9.17, 15) is 14.9 Å². The van der Waals surface area contributed by atoms with E-state index < -0.39 is 4.92 Å². The minimum Gasteiger partial charge on any atom is -0.490 e. The zero-order valence-electron chi connectivity index (χ0n) is 11.2. The van der Waals surface area contributed by atoms with Crippen LogP contribution in [0.15, 0.2) is 36.7 Å². The Kier molecular flexibility index (Phi) is 3.84. The van der Waals surface area contributed by atoms with Crippen molar-refractivity contribution in [3.8, 4) is 5.75 Å². The number of ketones is 1. The Morgan fingerprint density at radius 1 is 1.40 bits per heavy atom. The summed E-state index contributed by atoms with van der Waals surface area (Å²) in [5.41, 5.74) is 1.32.